The van der Waals surface area contributed by atoms with Crippen LogP contribution < -0.4 is 10.1 Å². The van der Waals surface area contributed by atoms with Crippen LogP contribution in [0.4, 0.5) is 4.39 Å². The van der Waals surface area contributed by atoms with Gasteiger partial charge in [-0.05, 0) is 71.1 Å². The molecule has 1 aliphatic heterocycles. The van der Waals surface area contributed by atoms with Gasteiger partial charge in [0, 0.05) is 6.04 Å². The molecular weight excluding hydrogens is 283 g/mol. The van der Waals surface area contributed by atoms with Gasteiger partial charge >= 0.3 is 0 Å². The SMILES string of the molecule is CN1CCC(NC(=O)C(C)(C)COc2ccc(F)cc2)CC1. The average molecular weight is 308 g/mol. The van der Waals surface area contributed by atoms with Crippen molar-refractivity contribution in [3.63, 3.8) is 0 Å². The van der Waals surface area contributed by atoms with Gasteiger partial charge in [0.15, 0.2) is 0 Å². The summed E-state index contributed by atoms with van der Waals surface area (Å²) in [5, 5.41) is 3.12. The minimum atomic E-state index is -0.627. The number of amides is 1. The molecule has 1 aromatic carbocycles. The molecule has 0 aliphatic carbocycles. The first-order valence-corrected chi connectivity index (χ1v) is 7.75. The van der Waals surface area contributed by atoms with Crippen molar-refractivity contribution in [2.75, 3.05) is 26.7 Å². The Balaban J connectivity index is 1.83. The molecule has 4 nitrogen and oxygen atoms in total. The van der Waals surface area contributed by atoms with Crippen LogP contribution in [0.25, 0.3) is 0 Å². The third kappa shape index (κ3) is 4.70. The summed E-state index contributed by atoms with van der Waals surface area (Å²) in [6.07, 6.45) is 1.97. The minimum Gasteiger partial charge on any atom is -0.492 e. The molecule has 0 aromatic heterocycles. The smallest absolute Gasteiger partial charge is 0.229 e. The first kappa shape index (κ1) is 16.7. The molecule has 1 fully saturated rings. The van der Waals surface area contributed by atoms with E-state index >= 15 is 0 Å². The van der Waals surface area contributed by atoms with E-state index in [-0.39, 0.29) is 24.4 Å². The van der Waals surface area contributed by atoms with E-state index in [2.05, 4.69) is 17.3 Å². The molecule has 0 saturated carbocycles. The van der Waals surface area contributed by atoms with Crippen molar-refractivity contribution in [1.82, 2.24) is 10.2 Å². The van der Waals surface area contributed by atoms with Gasteiger partial charge in [-0.1, -0.05) is 0 Å². The molecule has 0 atom stereocenters. The van der Waals surface area contributed by atoms with Gasteiger partial charge in [-0.3, -0.25) is 4.79 Å². The van der Waals surface area contributed by atoms with Gasteiger partial charge in [-0.15, -0.1) is 0 Å². The summed E-state index contributed by atoms with van der Waals surface area (Å²) in [5.74, 6) is 0.275. The highest BCUT2D eigenvalue weighted by molar-refractivity contribution is 5.82. The summed E-state index contributed by atoms with van der Waals surface area (Å²) >= 11 is 0. The quantitative estimate of drug-likeness (QED) is 0.908. The lowest BCUT2D eigenvalue weighted by molar-refractivity contribution is -0.131. The molecule has 0 unspecified atom stereocenters. The number of carbonyl (C=O) groups is 1. The van der Waals surface area contributed by atoms with Crippen molar-refractivity contribution in [2.24, 2.45) is 5.41 Å². The van der Waals surface area contributed by atoms with E-state index in [0.717, 1.165) is 25.9 Å². The zero-order valence-corrected chi connectivity index (χ0v) is 13.6. The Morgan fingerprint density at radius 2 is 1.91 bits per heavy atom. The fourth-order valence-corrected chi connectivity index (χ4v) is 2.39. The van der Waals surface area contributed by atoms with E-state index < -0.39 is 5.41 Å². The molecule has 1 aromatic rings. The Hall–Kier alpha value is -1.62. The predicted octanol–water partition coefficient (Wildman–Crippen LogP) is 2.44. The first-order valence-electron chi connectivity index (χ1n) is 7.75. The third-order valence-electron chi connectivity index (χ3n) is 4.08. The second-order valence-corrected chi connectivity index (χ2v) is 6.68. The van der Waals surface area contributed by atoms with E-state index in [1.165, 1.54) is 12.1 Å². The molecule has 1 N–H and O–H groups in total. The van der Waals surface area contributed by atoms with E-state index in [9.17, 15) is 9.18 Å². The molecule has 1 heterocycles. The molecule has 0 radical (unpaired) electrons. The van der Waals surface area contributed by atoms with Gasteiger partial charge in [0.1, 0.15) is 18.2 Å². The van der Waals surface area contributed by atoms with E-state index in [0.29, 0.717) is 5.75 Å². The normalized spacial score (nSPS) is 17.3. The zero-order valence-electron chi connectivity index (χ0n) is 13.6. The third-order valence-corrected chi connectivity index (χ3v) is 4.08. The molecule has 122 valence electrons. The Kier molecular flexibility index (Phi) is 5.40. The molecule has 2 rings (SSSR count). The van der Waals surface area contributed by atoms with Crippen LogP contribution in [-0.4, -0.2) is 43.6 Å². The number of likely N-dealkylation sites (tertiary alicyclic amines) is 1. The van der Waals surface area contributed by atoms with E-state index in [4.69, 9.17) is 4.74 Å². The molecular formula is C17H25FN2O2. The fourth-order valence-electron chi connectivity index (χ4n) is 2.39. The molecule has 1 saturated heterocycles. The molecule has 1 amide bonds. The monoisotopic (exact) mass is 308 g/mol. The number of hydrogen-bond donors (Lipinski definition) is 1. The summed E-state index contributed by atoms with van der Waals surface area (Å²) in [4.78, 5) is 14.7. The highest BCUT2D eigenvalue weighted by atomic mass is 19.1. The van der Waals surface area contributed by atoms with Crippen LogP contribution in [0.2, 0.25) is 0 Å². The van der Waals surface area contributed by atoms with Gasteiger partial charge in [0.2, 0.25) is 5.91 Å². The number of nitrogens with one attached hydrogen (secondary N) is 1. The van der Waals surface area contributed by atoms with Crippen LogP contribution in [0.15, 0.2) is 24.3 Å². The zero-order chi connectivity index (χ0) is 16.2. The van der Waals surface area contributed by atoms with Crippen molar-refractivity contribution in [1.29, 1.82) is 0 Å². The topological polar surface area (TPSA) is 41.6 Å². The van der Waals surface area contributed by atoms with E-state index in [1.807, 2.05) is 13.8 Å². The van der Waals surface area contributed by atoms with Crippen molar-refractivity contribution in [2.45, 2.75) is 32.7 Å². The van der Waals surface area contributed by atoms with Gasteiger partial charge in [-0.2, -0.15) is 0 Å². The van der Waals surface area contributed by atoms with Crippen LogP contribution in [-0.2, 0) is 4.79 Å². The maximum atomic E-state index is 12.9. The van der Waals surface area contributed by atoms with Crippen molar-refractivity contribution in [3.05, 3.63) is 30.1 Å². The number of rotatable bonds is 5. The number of piperidine rings is 1. The van der Waals surface area contributed by atoms with Crippen LogP contribution in [0.5, 0.6) is 5.75 Å². The summed E-state index contributed by atoms with van der Waals surface area (Å²) in [6.45, 7) is 6.01. The number of ether oxygens (including phenoxy) is 1. The maximum Gasteiger partial charge on any atom is 0.229 e. The summed E-state index contributed by atoms with van der Waals surface area (Å²) < 4.78 is 18.5. The predicted molar refractivity (Wildman–Crippen MR) is 84.3 cm³/mol. The van der Waals surface area contributed by atoms with E-state index in [1.54, 1.807) is 12.1 Å². The number of carbonyl (C=O) groups excluding carboxylic acids is 1. The lowest BCUT2D eigenvalue weighted by Gasteiger charge is -2.32. The van der Waals surface area contributed by atoms with Crippen LogP contribution in [0.1, 0.15) is 26.7 Å². The second-order valence-electron chi connectivity index (χ2n) is 6.68. The van der Waals surface area contributed by atoms with Crippen molar-refractivity contribution < 1.29 is 13.9 Å². The lowest BCUT2D eigenvalue weighted by atomic mass is 9.92. The Morgan fingerprint density at radius 3 is 2.50 bits per heavy atom. The molecule has 22 heavy (non-hydrogen) atoms. The maximum absolute atomic E-state index is 12.9. The van der Waals surface area contributed by atoms with Gasteiger partial charge in [0.05, 0.1) is 5.41 Å². The standard InChI is InChI=1S/C17H25FN2O2/c1-17(2,12-22-15-6-4-13(18)5-7-15)16(21)19-14-8-10-20(3)11-9-14/h4-7,14H,8-12H2,1-3H3,(H,19,21). The minimum absolute atomic E-state index is 0.00386. The highest BCUT2D eigenvalue weighted by Crippen LogP contribution is 2.20. The number of hydrogen-bond acceptors (Lipinski definition) is 3. The fraction of sp³-hybridized carbons (Fsp3) is 0.588. The van der Waals surface area contributed by atoms with Crippen molar-refractivity contribution >= 4 is 5.91 Å². The molecule has 5 heteroatoms. The second kappa shape index (κ2) is 7.09. The number of benzene rings is 1. The number of nitrogens with zero attached hydrogens (tertiary/aromatic N) is 1. The lowest BCUT2D eigenvalue weighted by Crippen LogP contribution is -2.49. The largest absolute Gasteiger partial charge is 0.492 e. The van der Waals surface area contributed by atoms with Crippen LogP contribution in [0, 0.1) is 11.2 Å². The first-order chi connectivity index (χ1) is 10.4. The van der Waals surface area contributed by atoms with Crippen LogP contribution >= 0.6 is 0 Å². The van der Waals surface area contributed by atoms with Gasteiger partial charge in [-0.25, -0.2) is 4.39 Å². The molecule has 0 spiro atoms. The average Bonchev–Trinajstić information content (AvgIpc) is 2.49. The number of halogens is 1. The Bertz CT molecular complexity index is 494. The van der Waals surface area contributed by atoms with Crippen molar-refractivity contribution in [3.8, 4) is 5.75 Å². The summed E-state index contributed by atoms with van der Waals surface area (Å²) in [5.41, 5.74) is -0.627. The van der Waals surface area contributed by atoms with Gasteiger partial charge < -0.3 is 15.0 Å². The summed E-state index contributed by atoms with van der Waals surface area (Å²) in [6, 6.07) is 6.08. The highest BCUT2D eigenvalue weighted by Gasteiger charge is 2.31. The molecule has 1 aliphatic rings. The Morgan fingerprint density at radius 1 is 1.32 bits per heavy atom. The Labute approximate surface area is 131 Å². The van der Waals surface area contributed by atoms with Crippen LogP contribution in [0.3, 0.4) is 0 Å². The van der Waals surface area contributed by atoms with Gasteiger partial charge in [0.25, 0.3) is 0 Å². The summed E-state index contributed by atoms with van der Waals surface area (Å²) in [7, 11) is 2.10. The molecule has 0 bridgehead atoms.